The maximum Gasteiger partial charge on any atom is 0.123 e. The number of nitrogens with one attached hydrogen (secondary N) is 1. The molecular weight excluding hydrogens is 241 g/mol. The number of rotatable bonds is 5. The van der Waals surface area contributed by atoms with Crippen molar-refractivity contribution >= 4 is 0 Å². The Morgan fingerprint density at radius 2 is 2.21 bits per heavy atom. The lowest BCUT2D eigenvalue weighted by Gasteiger charge is -2.18. The molecule has 100 valence electrons. The molecule has 0 fully saturated rings. The third-order valence-electron chi connectivity index (χ3n) is 3.25. The third kappa shape index (κ3) is 3.59. The van der Waals surface area contributed by atoms with Crippen molar-refractivity contribution in [1.29, 1.82) is 0 Å². The van der Waals surface area contributed by atoms with Crippen LogP contribution in [0.2, 0.25) is 0 Å². The Morgan fingerprint density at radius 1 is 1.37 bits per heavy atom. The van der Waals surface area contributed by atoms with Gasteiger partial charge < -0.3 is 0 Å². The Labute approximate surface area is 112 Å². The summed E-state index contributed by atoms with van der Waals surface area (Å²) in [7, 11) is 0. The van der Waals surface area contributed by atoms with Crippen molar-refractivity contribution in [3.05, 3.63) is 65.2 Å². The fourth-order valence-corrected chi connectivity index (χ4v) is 2.22. The molecule has 3 nitrogen and oxygen atoms in total. The lowest BCUT2D eigenvalue weighted by atomic mass is 9.96. The van der Waals surface area contributed by atoms with E-state index in [1.165, 1.54) is 17.7 Å². The van der Waals surface area contributed by atoms with Crippen LogP contribution in [0.25, 0.3) is 0 Å². The van der Waals surface area contributed by atoms with E-state index in [1.54, 1.807) is 12.3 Å². The maximum absolute atomic E-state index is 13.1. The molecule has 1 unspecified atom stereocenters. The Balaban J connectivity index is 2.08. The molecule has 0 aliphatic carbocycles. The van der Waals surface area contributed by atoms with Gasteiger partial charge >= 0.3 is 0 Å². The van der Waals surface area contributed by atoms with Gasteiger partial charge in [-0.3, -0.25) is 16.3 Å². The van der Waals surface area contributed by atoms with Crippen LogP contribution in [0.5, 0.6) is 0 Å². The lowest BCUT2D eigenvalue weighted by molar-refractivity contribution is 0.512. The second kappa shape index (κ2) is 6.41. The maximum atomic E-state index is 13.1. The Kier molecular flexibility index (Phi) is 4.60. The van der Waals surface area contributed by atoms with Gasteiger partial charge in [0.15, 0.2) is 0 Å². The minimum absolute atomic E-state index is 0.0146. The molecule has 1 aromatic carbocycles. The number of hydrogen-bond donors (Lipinski definition) is 2. The smallest absolute Gasteiger partial charge is 0.123 e. The van der Waals surface area contributed by atoms with Gasteiger partial charge in [0, 0.05) is 18.4 Å². The normalized spacial score (nSPS) is 12.4. The van der Waals surface area contributed by atoms with Crippen molar-refractivity contribution in [1.82, 2.24) is 10.4 Å². The zero-order chi connectivity index (χ0) is 13.7. The highest BCUT2D eigenvalue weighted by Gasteiger charge is 2.12. The van der Waals surface area contributed by atoms with Crippen LogP contribution in [0.3, 0.4) is 0 Å². The fourth-order valence-electron chi connectivity index (χ4n) is 2.22. The number of hydrazine groups is 1. The summed E-state index contributed by atoms with van der Waals surface area (Å²) in [5.74, 6) is 5.40. The van der Waals surface area contributed by atoms with E-state index < -0.39 is 0 Å². The number of benzene rings is 1. The van der Waals surface area contributed by atoms with E-state index in [9.17, 15) is 4.39 Å². The predicted molar refractivity (Wildman–Crippen MR) is 73.8 cm³/mol. The number of halogens is 1. The number of aryl methyl sites for hydroxylation is 2. The van der Waals surface area contributed by atoms with Gasteiger partial charge in [0.2, 0.25) is 0 Å². The van der Waals surface area contributed by atoms with Crippen molar-refractivity contribution in [3.8, 4) is 0 Å². The molecule has 0 spiro atoms. The van der Waals surface area contributed by atoms with Gasteiger partial charge in [-0.2, -0.15) is 0 Å². The number of hydrogen-bond acceptors (Lipinski definition) is 3. The van der Waals surface area contributed by atoms with Gasteiger partial charge in [0.1, 0.15) is 5.82 Å². The summed E-state index contributed by atoms with van der Waals surface area (Å²) in [6.07, 6.45) is 5.32. The van der Waals surface area contributed by atoms with Crippen LogP contribution in [0.1, 0.15) is 29.2 Å². The van der Waals surface area contributed by atoms with Crippen molar-refractivity contribution < 1.29 is 4.39 Å². The molecule has 2 aromatic rings. The zero-order valence-corrected chi connectivity index (χ0v) is 10.9. The summed E-state index contributed by atoms with van der Waals surface area (Å²) < 4.78 is 13.1. The van der Waals surface area contributed by atoms with E-state index in [1.807, 2.05) is 25.3 Å². The standard InChI is InChI=1S/C15H18FN3/c1-11-9-13(16)5-6-14(11)15(19-17)7-4-12-3-2-8-18-10-12/h2-3,5-6,8-10,15,19H,4,7,17H2,1H3. The van der Waals surface area contributed by atoms with Crippen LogP contribution < -0.4 is 11.3 Å². The molecule has 0 saturated carbocycles. The van der Waals surface area contributed by atoms with E-state index in [0.29, 0.717) is 0 Å². The van der Waals surface area contributed by atoms with Crippen LogP contribution in [-0.2, 0) is 6.42 Å². The summed E-state index contributed by atoms with van der Waals surface area (Å²) >= 11 is 0. The van der Waals surface area contributed by atoms with Crippen molar-refractivity contribution in [2.45, 2.75) is 25.8 Å². The topological polar surface area (TPSA) is 50.9 Å². The summed E-state index contributed by atoms with van der Waals surface area (Å²) in [6, 6.07) is 8.77. The quantitative estimate of drug-likeness (QED) is 0.641. The number of nitrogens with two attached hydrogens (primary N) is 1. The minimum atomic E-state index is -0.218. The van der Waals surface area contributed by atoms with Gasteiger partial charge in [-0.25, -0.2) is 4.39 Å². The average molecular weight is 259 g/mol. The highest BCUT2D eigenvalue weighted by atomic mass is 19.1. The predicted octanol–water partition coefficient (Wildman–Crippen LogP) is 2.67. The molecule has 2 rings (SSSR count). The molecule has 1 aromatic heterocycles. The highest BCUT2D eigenvalue weighted by Crippen LogP contribution is 2.22. The number of pyridine rings is 1. The van der Waals surface area contributed by atoms with Gasteiger partial charge in [-0.15, -0.1) is 0 Å². The van der Waals surface area contributed by atoms with Gasteiger partial charge in [-0.05, 0) is 54.7 Å². The van der Waals surface area contributed by atoms with E-state index in [2.05, 4.69) is 10.4 Å². The van der Waals surface area contributed by atoms with Crippen molar-refractivity contribution in [2.24, 2.45) is 5.84 Å². The molecule has 19 heavy (non-hydrogen) atoms. The van der Waals surface area contributed by atoms with Crippen LogP contribution in [-0.4, -0.2) is 4.98 Å². The summed E-state index contributed by atoms with van der Waals surface area (Å²) in [4.78, 5) is 4.09. The monoisotopic (exact) mass is 259 g/mol. The van der Waals surface area contributed by atoms with E-state index >= 15 is 0 Å². The summed E-state index contributed by atoms with van der Waals surface area (Å²) in [5, 5.41) is 0. The zero-order valence-electron chi connectivity index (χ0n) is 10.9. The Hall–Kier alpha value is -1.78. The Morgan fingerprint density at radius 3 is 2.84 bits per heavy atom. The lowest BCUT2D eigenvalue weighted by Crippen LogP contribution is -2.29. The van der Waals surface area contributed by atoms with Crippen molar-refractivity contribution in [3.63, 3.8) is 0 Å². The van der Waals surface area contributed by atoms with Crippen LogP contribution >= 0.6 is 0 Å². The first kappa shape index (κ1) is 13.6. The first-order valence-electron chi connectivity index (χ1n) is 6.32. The van der Waals surface area contributed by atoms with Crippen molar-refractivity contribution in [2.75, 3.05) is 0 Å². The molecule has 0 radical (unpaired) electrons. The molecule has 0 amide bonds. The average Bonchev–Trinajstić information content (AvgIpc) is 2.42. The van der Waals surface area contributed by atoms with Crippen LogP contribution in [0, 0.1) is 12.7 Å². The second-order valence-electron chi connectivity index (χ2n) is 4.62. The van der Waals surface area contributed by atoms with E-state index in [0.717, 1.165) is 24.0 Å². The molecule has 1 atom stereocenters. The van der Waals surface area contributed by atoms with Crippen LogP contribution in [0.15, 0.2) is 42.7 Å². The SMILES string of the molecule is Cc1cc(F)ccc1C(CCc1cccnc1)NN. The third-order valence-corrected chi connectivity index (χ3v) is 3.25. The van der Waals surface area contributed by atoms with E-state index in [4.69, 9.17) is 5.84 Å². The molecule has 4 heteroatoms. The van der Waals surface area contributed by atoms with Crippen LogP contribution in [0.4, 0.5) is 4.39 Å². The number of aromatic nitrogens is 1. The molecule has 1 heterocycles. The number of nitrogens with zero attached hydrogens (tertiary/aromatic N) is 1. The minimum Gasteiger partial charge on any atom is -0.271 e. The van der Waals surface area contributed by atoms with Gasteiger partial charge in [-0.1, -0.05) is 12.1 Å². The fraction of sp³-hybridized carbons (Fsp3) is 0.267. The molecular formula is C15H18FN3. The molecule has 3 N–H and O–H groups in total. The highest BCUT2D eigenvalue weighted by molar-refractivity contribution is 5.29. The largest absolute Gasteiger partial charge is 0.271 e. The van der Waals surface area contributed by atoms with Gasteiger partial charge in [0.05, 0.1) is 0 Å². The first-order chi connectivity index (χ1) is 9.20. The molecule has 0 bridgehead atoms. The first-order valence-corrected chi connectivity index (χ1v) is 6.32. The Bertz CT molecular complexity index is 528. The summed E-state index contributed by atoms with van der Waals surface area (Å²) in [6.45, 7) is 1.90. The summed E-state index contributed by atoms with van der Waals surface area (Å²) in [5.41, 5.74) is 5.92. The van der Waals surface area contributed by atoms with Gasteiger partial charge in [0.25, 0.3) is 0 Å². The second-order valence-corrected chi connectivity index (χ2v) is 4.62. The molecule has 0 aliphatic heterocycles. The molecule has 0 saturated heterocycles. The molecule has 0 aliphatic rings. The van der Waals surface area contributed by atoms with E-state index in [-0.39, 0.29) is 11.9 Å².